The molecule has 0 radical (unpaired) electrons. The third kappa shape index (κ3) is 2.55. The van der Waals surface area contributed by atoms with Gasteiger partial charge in [-0.2, -0.15) is 0 Å². The average molecular weight is 269 g/mol. The highest BCUT2D eigenvalue weighted by atomic mass is 32.2. The minimum atomic E-state index is -0.886. The molecule has 2 aliphatic rings. The van der Waals surface area contributed by atoms with Crippen molar-refractivity contribution in [1.82, 2.24) is 4.90 Å². The first kappa shape index (κ1) is 13.5. The van der Waals surface area contributed by atoms with Crippen LogP contribution in [0.1, 0.15) is 33.1 Å². The molecule has 2 fully saturated rings. The predicted molar refractivity (Wildman–Crippen MR) is 71.3 cm³/mol. The van der Waals surface area contributed by atoms with E-state index in [2.05, 4.69) is 0 Å². The van der Waals surface area contributed by atoms with Crippen molar-refractivity contribution in [2.75, 3.05) is 5.75 Å². The maximum absolute atomic E-state index is 12.4. The number of carbonyl (C=O) groups is 2. The summed E-state index contributed by atoms with van der Waals surface area (Å²) in [6, 6.07) is -0.659. The van der Waals surface area contributed by atoms with Gasteiger partial charge in [-0.15, -0.1) is 11.8 Å². The smallest absolute Gasteiger partial charge is 0.327 e. The van der Waals surface area contributed by atoms with E-state index in [-0.39, 0.29) is 11.3 Å². The van der Waals surface area contributed by atoms with Gasteiger partial charge in [0.25, 0.3) is 5.91 Å². The zero-order valence-corrected chi connectivity index (χ0v) is 11.6. The molecule has 2 rings (SSSR count). The van der Waals surface area contributed by atoms with Gasteiger partial charge < -0.3 is 10.0 Å². The molecule has 1 amide bonds. The minimum Gasteiger partial charge on any atom is -0.480 e. The fraction of sp³-hybridized carbons (Fsp3) is 0.692. The monoisotopic (exact) mass is 269 g/mol. The Balaban J connectivity index is 2.20. The molecule has 1 saturated carbocycles. The van der Waals surface area contributed by atoms with Crippen LogP contribution in [0.3, 0.4) is 0 Å². The largest absolute Gasteiger partial charge is 0.480 e. The lowest BCUT2D eigenvalue weighted by molar-refractivity contribution is -0.147. The highest BCUT2D eigenvalue weighted by Gasteiger charge is 2.48. The van der Waals surface area contributed by atoms with Gasteiger partial charge in [-0.05, 0) is 32.1 Å². The first-order chi connectivity index (χ1) is 8.56. The van der Waals surface area contributed by atoms with Crippen molar-refractivity contribution >= 4 is 23.6 Å². The van der Waals surface area contributed by atoms with E-state index in [0.717, 1.165) is 19.3 Å². The number of allylic oxidation sites excluding steroid dienone is 1. The lowest BCUT2D eigenvalue weighted by Crippen LogP contribution is -2.46. The molecule has 0 aromatic rings. The van der Waals surface area contributed by atoms with Crippen molar-refractivity contribution in [3.05, 3.63) is 11.6 Å². The number of amides is 1. The molecule has 1 N–H and O–H groups in total. The fourth-order valence-electron chi connectivity index (χ4n) is 2.32. The van der Waals surface area contributed by atoms with Gasteiger partial charge in [0.05, 0.1) is 5.37 Å². The maximum Gasteiger partial charge on any atom is 0.327 e. The van der Waals surface area contributed by atoms with Crippen LogP contribution in [0.4, 0.5) is 0 Å². The van der Waals surface area contributed by atoms with Gasteiger partial charge in [0.1, 0.15) is 6.04 Å². The summed E-state index contributed by atoms with van der Waals surface area (Å²) < 4.78 is 0. The number of rotatable bonds is 4. The summed E-state index contributed by atoms with van der Waals surface area (Å²) in [4.78, 5) is 25.2. The Morgan fingerprint density at radius 2 is 2.11 bits per heavy atom. The van der Waals surface area contributed by atoms with Crippen molar-refractivity contribution in [2.45, 2.75) is 44.5 Å². The van der Waals surface area contributed by atoms with E-state index in [1.54, 1.807) is 23.6 Å². The van der Waals surface area contributed by atoms with Crippen molar-refractivity contribution < 1.29 is 14.7 Å². The number of hydrogen-bond acceptors (Lipinski definition) is 3. The molecular weight excluding hydrogens is 250 g/mol. The number of carboxylic acids is 1. The molecule has 2 unspecified atom stereocenters. The van der Waals surface area contributed by atoms with Gasteiger partial charge in [-0.1, -0.05) is 13.0 Å². The molecule has 1 heterocycles. The lowest BCUT2D eigenvalue weighted by Gasteiger charge is -2.27. The quantitative estimate of drug-likeness (QED) is 0.794. The fourth-order valence-corrected chi connectivity index (χ4v) is 3.95. The topological polar surface area (TPSA) is 57.6 Å². The van der Waals surface area contributed by atoms with Gasteiger partial charge in [0.15, 0.2) is 0 Å². The predicted octanol–water partition coefficient (Wildman–Crippen LogP) is 2.11. The van der Waals surface area contributed by atoms with Crippen LogP contribution in [-0.4, -0.2) is 39.1 Å². The minimum absolute atomic E-state index is 0.0683. The Morgan fingerprint density at radius 3 is 2.61 bits per heavy atom. The van der Waals surface area contributed by atoms with Gasteiger partial charge in [0, 0.05) is 11.3 Å². The van der Waals surface area contributed by atoms with E-state index in [1.807, 2.05) is 13.0 Å². The van der Waals surface area contributed by atoms with Crippen molar-refractivity contribution in [1.29, 1.82) is 0 Å². The number of thioether (sulfide) groups is 1. The summed E-state index contributed by atoms with van der Waals surface area (Å²) in [7, 11) is 0. The van der Waals surface area contributed by atoms with Crippen LogP contribution < -0.4 is 0 Å². The van der Waals surface area contributed by atoms with Crippen LogP contribution in [0.25, 0.3) is 0 Å². The van der Waals surface area contributed by atoms with E-state index in [0.29, 0.717) is 17.2 Å². The van der Waals surface area contributed by atoms with Crippen LogP contribution in [0.2, 0.25) is 0 Å². The Morgan fingerprint density at radius 1 is 1.44 bits per heavy atom. The van der Waals surface area contributed by atoms with E-state index in [4.69, 9.17) is 0 Å². The molecule has 4 nitrogen and oxygen atoms in total. The summed E-state index contributed by atoms with van der Waals surface area (Å²) >= 11 is 1.62. The lowest BCUT2D eigenvalue weighted by atomic mass is 10.1. The second-order valence-electron chi connectivity index (χ2n) is 4.92. The van der Waals surface area contributed by atoms with Gasteiger partial charge >= 0.3 is 5.97 Å². The summed E-state index contributed by atoms with van der Waals surface area (Å²) in [5, 5.41) is 9.31. The zero-order valence-electron chi connectivity index (χ0n) is 10.8. The molecule has 0 aromatic heterocycles. The molecule has 2 atom stereocenters. The molecule has 0 bridgehead atoms. The van der Waals surface area contributed by atoms with Gasteiger partial charge in [-0.25, -0.2) is 4.79 Å². The SMILES string of the molecule is CC/C=C(/C)C(=O)N1C(C(=O)O)CSC1C1CC1. The molecule has 1 saturated heterocycles. The van der Waals surface area contributed by atoms with E-state index in [9.17, 15) is 14.7 Å². The van der Waals surface area contributed by atoms with E-state index in [1.165, 1.54) is 0 Å². The number of carboxylic acid groups (broad SMARTS) is 1. The number of aliphatic carboxylic acids is 1. The normalized spacial score (nSPS) is 28.6. The zero-order chi connectivity index (χ0) is 13.3. The Bertz CT molecular complexity index is 390. The van der Waals surface area contributed by atoms with E-state index >= 15 is 0 Å². The molecule has 1 aliphatic carbocycles. The van der Waals surface area contributed by atoms with Crippen molar-refractivity contribution in [3.63, 3.8) is 0 Å². The number of nitrogens with zero attached hydrogens (tertiary/aromatic N) is 1. The summed E-state index contributed by atoms with van der Waals surface area (Å²) in [6.45, 7) is 3.75. The van der Waals surface area contributed by atoms with Crippen LogP contribution >= 0.6 is 11.8 Å². The van der Waals surface area contributed by atoms with E-state index < -0.39 is 12.0 Å². The van der Waals surface area contributed by atoms with Gasteiger partial charge in [-0.3, -0.25) is 4.79 Å². The number of hydrogen-bond donors (Lipinski definition) is 1. The maximum atomic E-state index is 12.4. The first-order valence-electron chi connectivity index (χ1n) is 6.40. The Hall–Kier alpha value is -0.970. The van der Waals surface area contributed by atoms with Gasteiger partial charge in [0.2, 0.25) is 0 Å². The van der Waals surface area contributed by atoms with Crippen LogP contribution in [-0.2, 0) is 9.59 Å². The third-order valence-electron chi connectivity index (χ3n) is 3.43. The van der Waals surface area contributed by atoms with Crippen molar-refractivity contribution in [3.8, 4) is 0 Å². The highest BCUT2D eigenvalue weighted by Crippen LogP contribution is 2.45. The standard InChI is InChI=1S/C13H19NO3S/c1-3-4-8(2)11(15)14-10(13(16)17)7-18-12(14)9-5-6-9/h4,9-10,12H,3,5-7H2,1-2H3,(H,16,17)/b8-4-. The average Bonchev–Trinajstić information content (AvgIpc) is 3.07. The molecule has 100 valence electrons. The summed E-state index contributed by atoms with van der Waals surface area (Å²) in [5.74, 6) is 0.0222. The Labute approximate surface area is 111 Å². The molecule has 0 spiro atoms. The number of carbonyl (C=O) groups excluding carboxylic acids is 1. The van der Waals surface area contributed by atoms with Crippen molar-refractivity contribution in [2.24, 2.45) is 5.92 Å². The van der Waals surface area contributed by atoms with Crippen LogP contribution in [0.5, 0.6) is 0 Å². The molecule has 0 aromatic carbocycles. The molecule has 1 aliphatic heterocycles. The molecule has 5 heteroatoms. The second-order valence-corrected chi connectivity index (χ2v) is 6.07. The molecule has 18 heavy (non-hydrogen) atoms. The summed E-state index contributed by atoms with van der Waals surface area (Å²) in [5.41, 5.74) is 0.664. The Kier molecular flexibility index (Phi) is 4.00. The third-order valence-corrected chi connectivity index (χ3v) is 4.89. The second kappa shape index (κ2) is 5.34. The first-order valence-corrected chi connectivity index (χ1v) is 7.45. The molecular formula is C13H19NO3S. The van der Waals surface area contributed by atoms with Crippen LogP contribution in [0, 0.1) is 5.92 Å². The summed E-state index contributed by atoms with van der Waals surface area (Å²) in [6.07, 6.45) is 4.90. The highest BCUT2D eigenvalue weighted by molar-refractivity contribution is 8.00. The van der Waals surface area contributed by atoms with Crippen LogP contribution in [0.15, 0.2) is 11.6 Å².